The van der Waals surface area contributed by atoms with E-state index in [1.165, 1.54) is 16.7 Å². The molecule has 3 aromatic carbocycles. The maximum atomic E-state index is 13.0. The van der Waals surface area contributed by atoms with Gasteiger partial charge in [-0.2, -0.15) is 0 Å². The van der Waals surface area contributed by atoms with Crippen LogP contribution < -0.4 is 10.6 Å². The minimum Gasteiger partial charge on any atom is -0.345 e. The van der Waals surface area contributed by atoms with Gasteiger partial charge in [-0.05, 0) is 55.5 Å². The van der Waals surface area contributed by atoms with Crippen molar-refractivity contribution in [2.75, 3.05) is 5.32 Å². The molecule has 0 unspecified atom stereocenters. The Hall–Kier alpha value is -3.99. The van der Waals surface area contributed by atoms with E-state index in [0.717, 1.165) is 36.2 Å². The molecule has 5 nitrogen and oxygen atoms in total. The number of aromatic nitrogens is 2. The highest BCUT2D eigenvalue weighted by atomic mass is 16.1. The molecule has 0 saturated heterocycles. The normalized spacial score (nSPS) is 14.9. The lowest BCUT2D eigenvalue weighted by molar-refractivity contribution is 0.0933. The Bertz CT molecular complexity index is 1280. The molecule has 1 aromatic heterocycles. The second kappa shape index (κ2) is 9.25. The first kappa shape index (κ1) is 20.9. The minimum absolute atomic E-state index is 0.0537. The molecule has 4 aromatic rings. The number of hydrogen-bond acceptors (Lipinski definition) is 4. The van der Waals surface area contributed by atoms with Gasteiger partial charge in [-0.15, -0.1) is 0 Å². The molecule has 1 atom stereocenters. The van der Waals surface area contributed by atoms with E-state index in [1.807, 2.05) is 36.4 Å². The Kier molecular flexibility index (Phi) is 5.85. The molecule has 1 aliphatic carbocycles. The van der Waals surface area contributed by atoms with Gasteiger partial charge in [0.1, 0.15) is 12.1 Å². The average molecular weight is 435 g/mol. The van der Waals surface area contributed by atoms with Crippen molar-refractivity contribution in [3.63, 3.8) is 0 Å². The van der Waals surface area contributed by atoms with E-state index in [4.69, 9.17) is 0 Å². The third-order valence-corrected chi connectivity index (χ3v) is 6.09. The summed E-state index contributed by atoms with van der Waals surface area (Å²) in [6, 6.07) is 26.1. The van der Waals surface area contributed by atoms with Crippen molar-refractivity contribution in [1.82, 2.24) is 15.3 Å². The standard InChI is InChI=1S/C28H26N4O/c1-19-12-14-21(15-13-19)26-17-27(30-18-29-26)31-23-9-4-8-22(16-23)28(33)32-25-11-5-7-20-6-2-3-10-24(20)25/h2-4,6,8-10,12-18,25H,5,7,11H2,1H3,(H,32,33)(H,29,30,31)/t25-/m1/s1. The maximum absolute atomic E-state index is 13.0. The first-order valence-corrected chi connectivity index (χ1v) is 11.3. The molecular formula is C28H26N4O. The van der Waals surface area contributed by atoms with Crippen LogP contribution in [0.15, 0.2) is 85.2 Å². The lowest BCUT2D eigenvalue weighted by Gasteiger charge is -2.26. The first-order chi connectivity index (χ1) is 16.2. The summed E-state index contributed by atoms with van der Waals surface area (Å²) in [4.78, 5) is 21.8. The summed E-state index contributed by atoms with van der Waals surface area (Å²) in [5.41, 5.74) is 7.08. The van der Waals surface area contributed by atoms with Gasteiger partial charge >= 0.3 is 0 Å². The van der Waals surface area contributed by atoms with Gasteiger partial charge < -0.3 is 10.6 Å². The van der Waals surface area contributed by atoms with Gasteiger partial charge in [-0.1, -0.05) is 60.2 Å². The van der Waals surface area contributed by atoms with Gasteiger partial charge in [0.25, 0.3) is 5.91 Å². The van der Waals surface area contributed by atoms with E-state index in [1.54, 1.807) is 6.33 Å². The lowest BCUT2D eigenvalue weighted by atomic mass is 9.87. The number of benzene rings is 3. The van der Waals surface area contributed by atoms with Gasteiger partial charge in [-0.3, -0.25) is 4.79 Å². The van der Waals surface area contributed by atoms with Crippen molar-refractivity contribution in [2.24, 2.45) is 0 Å². The number of nitrogens with one attached hydrogen (secondary N) is 2. The highest BCUT2D eigenvalue weighted by molar-refractivity contribution is 5.95. The number of carbonyl (C=O) groups is 1. The zero-order valence-electron chi connectivity index (χ0n) is 18.6. The van der Waals surface area contributed by atoms with Gasteiger partial charge in [-0.25, -0.2) is 9.97 Å². The van der Waals surface area contributed by atoms with E-state index in [0.29, 0.717) is 11.4 Å². The third kappa shape index (κ3) is 4.77. The molecule has 1 heterocycles. The van der Waals surface area contributed by atoms with Crippen LogP contribution in [0.3, 0.4) is 0 Å². The maximum Gasteiger partial charge on any atom is 0.251 e. The van der Waals surface area contributed by atoms with E-state index in [9.17, 15) is 4.79 Å². The fourth-order valence-electron chi connectivity index (χ4n) is 4.34. The summed E-state index contributed by atoms with van der Waals surface area (Å²) in [5, 5.41) is 6.53. The molecule has 0 bridgehead atoms. The zero-order valence-corrected chi connectivity index (χ0v) is 18.6. The highest BCUT2D eigenvalue weighted by Gasteiger charge is 2.22. The number of aryl methyl sites for hydroxylation is 2. The molecular weight excluding hydrogens is 408 g/mol. The molecule has 1 amide bonds. The second-order valence-corrected chi connectivity index (χ2v) is 8.48. The van der Waals surface area contributed by atoms with Gasteiger partial charge in [0.2, 0.25) is 0 Å². The average Bonchev–Trinajstić information content (AvgIpc) is 2.85. The minimum atomic E-state index is -0.0663. The molecule has 2 N–H and O–H groups in total. The molecule has 164 valence electrons. The molecule has 0 aliphatic heterocycles. The van der Waals surface area contributed by atoms with Crippen LogP contribution in [0.2, 0.25) is 0 Å². The summed E-state index contributed by atoms with van der Waals surface area (Å²) in [7, 11) is 0. The summed E-state index contributed by atoms with van der Waals surface area (Å²) in [6.07, 6.45) is 4.67. The Morgan fingerprint density at radius 2 is 1.79 bits per heavy atom. The highest BCUT2D eigenvalue weighted by Crippen LogP contribution is 2.30. The van der Waals surface area contributed by atoms with E-state index < -0.39 is 0 Å². The van der Waals surface area contributed by atoms with Crippen molar-refractivity contribution in [3.8, 4) is 11.3 Å². The molecule has 1 aliphatic rings. The molecule has 5 heteroatoms. The predicted octanol–water partition coefficient (Wildman–Crippen LogP) is 6.00. The number of fused-ring (bicyclic) bond motifs is 1. The van der Waals surface area contributed by atoms with Crippen LogP contribution in [0.5, 0.6) is 0 Å². The van der Waals surface area contributed by atoms with Crippen LogP contribution in [-0.4, -0.2) is 15.9 Å². The third-order valence-electron chi connectivity index (χ3n) is 6.09. The van der Waals surface area contributed by atoms with Gasteiger partial charge in [0.05, 0.1) is 11.7 Å². The molecule has 0 spiro atoms. The van der Waals surface area contributed by atoms with Crippen LogP contribution in [0.1, 0.15) is 45.9 Å². The number of rotatable bonds is 5. The van der Waals surface area contributed by atoms with E-state index in [2.05, 4.69) is 70.0 Å². The summed E-state index contributed by atoms with van der Waals surface area (Å²) in [6.45, 7) is 2.06. The van der Waals surface area contributed by atoms with Crippen molar-refractivity contribution < 1.29 is 4.79 Å². The summed E-state index contributed by atoms with van der Waals surface area (Å²) >= 11 is 0. The van der Waals surface area contributed by atoms with Crippen LogP contribution >= 0.6 is 0 Å². The smallest absolute Gasteiger partial charge is 0.251 e. The first-order valence-electron chi connectivity index (χ1n) is 11.3. The molecule has 5 rings (SSSR count). The van der Waals surface area contributed by atoms with Crippen molar-refractivity contribution in [2.45, 2.75) is 32.2 Å². The largest absolute Gasteiger partial charge is 0.345 e. The van der Waals surface area contributed by atoms with Crippen LogP contribution in [0.25, 0.3) is 11.3 Å². The summed E-state index contributed by atoms with van der Waals surface area (Å²) in [5.74, 6) is 0.614. The Balaban J connectivity index is 1.31. The molecule has 0 fully saturated rings. The van der Waals surface area contributed by atoms with Gasteiger partial charge in [0, 0.05) is 22.9 Å². The Morgan fingerprint density at radius 1 is 0.939 bits per heavy atom. The predicted molar refractivity (Wildman–Crippen MR) is 132 cm³/mol. The quantitative estimate of drug-likeness (QED) is 0.404. The van der Waals surface area contributed by atoms with Crippen molar-refractivity contribution in [1.29, 1.82) is 0 Å². The number of hydrogen-bond donors (Lipinski definition) is 2. The Morgan fingerprint density at radius 3 is 2.67 bits per heavy atom. The summed E-state index contributed by atoms with van der Waals surface area (Å²) < 4.78 is 0. The number of carbonyl (C=O) groups excluding carboxylic acids is 1. The number of nitrogens with zero attached hydrogens (tertiary/aromatic N) is 2. The van der Waals surface area contributed by atoms with Crippen LogP contribution in [0, 0.1) is 6.92 Å². The van der Waals surface area contributed by atoms with Crippen LogP contribution in [-0.2, 0) is 6.42 Å². The molecule has 33 heavy (non-hydrogen) atoms. The second-order valence-electron chi connectivity index (χ2n) is 8.48. The van der Waals surface area contributed by atoms with E-state index >= 15 is 0 Å². The van der Waals surface area contributed by atoms with Gasteiger partial charge in [0.15, 0.2) is 0 Å². The molecule has 0 radical (unpaired) electrons. The number of anilines is 2. The fraction of sp³-hybridized carbons (Fsp3) is 0.179. The lowest BCUT2D eigenvalue weighted by Crippen LogP contribution is -2.31. The van der Waals surface area contributed by atoms with Crippen LogP contribution in [0.4, 0.5) is 11.5 Å². The molecule has 0 saturated carbocycles. The monoisotopic (exact) mass is 434 g/mol. The number of amides is 1. The topological polar surface area (TPSA) is 66.9 Å². The van der Waals surface area contributed by atoms with E-state index in [-0.39, 0.29) is 11.9 Å². The van der Waals surface area contributed by atoms with Crippen molar-refractivity contribution in [3.05, 3.63) is 107 Å². The SMILES string of the molecule is Cc1ccc(-c2cc(Nc3cccc(C(=O)N[C@@H]4CCCc5ccccc54)c3)ncn2)cc1. The van der Waals surface area contributed by atoms with Crippen molar-refractivity contribution >= 4 is 17.4 Å². The fourth-order valence-corrected chi connectivity index (χ4v) is 4.34. The Labute approximate surface area is 193 Å². The zero-order chi connectivity index (χ0) is 22.6.